The number of hydrogen-bond donors (Lipinski definition) is 2. The Labute approximate surface area is 106 Å². The number of nitrogens with two attached hydrogens (primary N) is 1. The molecular weight excluding hydrogens is 291 g/mol. The van der Waals surface area contributed by atoms with Crippen molar-refractivity contribution in [2.24, 2.45) is 5.84 Å². The third kappa shape index (κ3) is 2.16. The van der Waals surface area contributed by atoms with Gasteiger partial charge in [-0.2, -0.15) is 0 Å². The smallest absolute Gasteiger partial charge is 0.166 e. The topological polar surface area (TPSA) is 63.8 Å². The van der Waals surface area contributed by atoms with Crippen molar-refractivity contribution in [3.8, 4) is 11.3 Å². The maximum atomic E-state index is 6.01. The molecule has 0 atom stereocenters. The van der Waals surface area contributed by atoms with E-state index in [1.807, 2.05) is 12.1 Å². The first-order valence-electron chi connectivity index (χ1n) is 4.45. The highest BCUT2D eigenvalue weighted by atomic mass is 79.9. The van der Waals surface area contributed by atoms with Crippen LogP contribution in [0.15, 0.2) is 35.1 Å². The summed E-state index contributed by atoms with van der Waals surface area (Å²) in [5.74, 6) is 5.88. The Morgan fingerprint density at radius 1 is 1.25 bits per heavy atom. The van der Waals surface area contributed by atoms with Crippen LogP contribution in [-0.4, -0.2) is 9.97 Å². The Morgan fingerprint density at radius 3 is 2.69 bits per heavy atom. The fraction of sp³-hybridized carbons (Fsp3) is 0. The third-order valence-electron chi connectivity index (χ3n) is 2.03. The van der Waals surface area contributed by atoms with E-state index < -0.39 is 0 Å². The highest BCUT2D eigenvalue weighted by Gasteiger charge is 2.08. The fourth-order valence-electron chi connectivity index (χ4n) is 1.30. The molecule has 16 heavy (non-hydrogen) atoms. The highest BCUT2D eigenvalue weighted by Crippen LogP contribution is 2.29. The molecule has 2 rings (SSSR count). The van der Waals surface area contributed by atoms with Gasteiger partial charge >= 0.3 is 0 Å². The van der Waals surface area contributed by atoms with Crippen molar-refractivity contribution in [1.82, 2.24) is 9.97 Å². The Hall–Kier alpha value is -1.17. The van der Waals surface area contributed by atoms with E-state index >= 15 is 0 Å². The van der Waals surface area contributed by atoms with Crippen molar-refractivity contribution in [3.05, 3.63) is 40.1 Å². The molecule has 0 amide bonds. The van der Waals surface area contributed by atoms with E-state index in [1.54, 1.807) is 18.5 Å². The molecule has 0 aliphatic rings. The van der Waals surface area contributed by atoms with Crippen LogP contribution in [0, 0.1) is 0 Å². The van der Waals surface area contributed by atoms with Crippen LogP contribution in [0.5, 0.6) is 0 Å². The average Bonchev–Trinajstić information content (AvgIpc) is 2.32. The van der Waals surface area contributed by atoms with Gasteiger partial charge in [0, 0.05) is 22.4 Å². The number of nitrogens with zero attached hydrogens (tertiary/aromatic N) is 2. The molecule has 0 bridgehead atoms. The number of nitrogens with one attached hydrogen (secondary N) is 1. The number of halogens is 2. The number of hydrazine groups is 1. The standard InChI is InChI=1S/C10H8BrClN4/c11-7-2-1-6(5-8(7)12)9-10(16-13)15-4-3-14-9/h1-5H,13H2,(H,15,16). The predicted octanol–water partition coefficient (Wildman–Crippen LogP) is 2.85. The van der Waals surface area contributed by atoms with E-state index in [1.165, 1.54) is 0 Å². The fourth-order valence-corrected chi connectivity index (χ4v) is 1.73. The van der Waals surface area contributed by atoms with Crippen molar-refractivity contribution < 1.29 is 0 Å². The molecule has 3 N–H and O–H groups in total. The van der Waals surface area contributed by atoms with E-state index in [2.05, 4.69) is 31.3 Å². The van der Waals surface area contributed by atoms with Crippen molar-refractivity contribution in [2.75, 3.05) is 5.43 Å². The summed E-state index contributed by atoms with van der Waals surface area (Å²) in [6.45, 7) is 0. The van der Waals surface area contributed by atoms with Gasteiger partial charge in [-0.05, 0) is 28.1 Å². The van der Waals surface area contributed by atoms with E-state index in [9.17, 15) is 0 Å². The summed E-state index contributed by atoms with van der Waals surface area (Å²) in [5, 5.41) is 0.617. The second-order valence-corrected chi connectivity index (χ2v) is 4.29. The molecule has 1 aromatic carbocycles. The van der Waals surface area contributed by atoms with Crippen molar-refractivity contribution >= 4 is 33.3 Å². The van der Waals surface area contributed by atoms with Gasteiger partial charge in [0.05, 0.1) is 5.02 Å². The third-order valence-corrected chi connectivity index (χ3v) is 3.26. The monoisotopic (exact) mass is 298 g/mol. The number of anilines is 1. The Morgan fingerprint density at radius 2 is 2.00 bits per heavy atom. The molecule has 82 valence electrons. The van der Waals surface area contributed by atoms with Crippen LogP contribution in [0.3, 0.4) is 0 Å². The molecule has 0 fully saturated rings. The molecule has 0 aliphatic carbocycles. The second-order valence-electron chi connectivity index (χ2n) is 3.03. The molecule has 0 saturated carbocycles. The Bertz CT molecular complexity index is 518. The first-order valence-corrected chi connectivity index (χ1v) is 5.62. The summed E-state index contributed by atoms with van der Waals surface area (Å²) in [4.78, 5) is 8.28. The van der Waals surface area contributed by atoms with Crippen molar-refractivity contribution in [2.45, 2.75) is 0 Å². The van der Waals surface area contributed by atoms with Crippen molar-refractivity contribution in [3.63, 3.8) is 0 Å². The van der Waals surface area contributed by atoms with Crippen LogP contribution in [0.4, 0.5) is 5.82 Å². The molecule has 6 heteroatoms. The molecule has 1 aromatic heterocycles. The average molecular weight is 300 g/mol. The molecule has 0 unspecified atom stereocenters. The number of aromatic nitrogens is 2. The van der Waals surface area contributed by atoms with E-state index in [4.69, 9.17) is 17.4 Å². The van der Waals surface area contributed by atoms with E-state index in [-0.39, 0.29) is 0 Å². The van der Waals surface area contributed by atoms with Crippen LogP contribution >= 0.6 is 27.5 Å². The van der Waals surface area contributed by atoms with Gasteiger partial charge in [0.2, 0.25) is 0 Å². The molecule has 0 radical (unpaired) electrons. The maximum absolute atomic E-state index is 6.01. The summed E-state index contributed by atoms with van der Waals surface area (Å²) in [6.07, 6.45) is 3.17. The predicted molar refractivity (Wildman–Crippen MR) is 68.0 cm³/mol. The zero-order chi connectivity index (χ0) is 11.5. The number of rotatable bonds is 2. The van der Waals surface area contributed by atoms with Crippen LogP contribution < -0.4 is 11.3 Å². The second kappa shape index (κ2) is 4.78. The largest absolute Gasteiger partial charge is 0.307 e. The first-order chi connectivity index (χ1) is 7.72. The van der Waals surface area contributed by atoms with Gasteiger partial charge in [0.25, 0.3) is 0 Å². The molecule has 1 heterocycles. The number of hydrogen-bond acceptors (Lipinski definition) is 4. The molecular formula is C10H8BrClN4. The minimum atomic E-state index is 0.515. The van der Waals surface area contributed by atoms with Gasteiger partial charge < -0.3 is 5.43 Å². The van der Waals surface area contributed by atoms with Gasteiger partial charge in [-0.1, -0.05) is 17.7 Å². The molecule has 0 spiro atoms. The zero-order valence-corrected chi connectivity index (χ0v) is 10.5. The summed E-state index contributed by atoms with van der Waals surface area (Å²) < 4.78 is 0.837. The van der Waals surface area contributed by atoms with E-state index in [0.29, 0.717) is 16.5 Å². The molecule has 4 nitrogen and oxygen atoms in total. The van der Waals surface area contributed by atoms with E-state index in [0.717, 1.165) is 10.0 Å². The molecule has 0 saturated heterocycles. The van der Waals surface area contributed by atoms with Gasteiger partial charge in [-0.15, -0.1) is 0 Å². The van der Waals surface area contributed by atoms with Crippen LogP contribution in [0.25, 0.3) is 11.3 Å². The van der Waals surface area contributed by atoms with Gasteiger partial charge in [0.1, 0.15) is 5.69 Å². The summed E-state index contributed by atoms with van der Waals surface area (Å²) >= 11 is 9.34. The van der Waals surface area contributed by atoms with Gasteiger partial charge in [-0.25, -0.2) is 10.8 Å². The SMILES string of the molecule is NNc1nccnc1-c1ccc(Br)c(Cl)c1. The van der Waals surface area contributed by atoms with Crippen molar-refractivity contribution in [1.29, 1.82) is 0 Å². The van der Waals surface area contributed by atoms with Crippen LogP contribution in [-0.2, 0) is 0 Å². The quantitative estimate of drug-likeness (QED) is 0.661. The normalized spacial score (nSPS) is 10.2. The van der Waals surface area contributed by atoms with Crippen LogP contribution in [0.2, 0.25) is 5.02 Å². The van der Waals surface area contributed by atoms with Gasteiger partial charge in [-0.3, -0.25) is 4.98 Å². The number of benzene rings is 1. The molecule has 0 aliphatic heterocycles. The Balaban J connectivity index is 2.54. The maximum Gasteiger partial charge on any atom is 0.166 e. The number of nitrogen functional groups attached to an aromatic ring is 1. The zero-order valence-electron chi connectivity index (χ0n) is 8.11. The van der Waals surface area contributed by atoms with Gasteiger partial charge in [0.15, 0.2) is 5.82 Å². The first kappa shape index (κ1) is 11.3. The lowest BCUT2D eigenvalue weighted by atomic mass is 10.1. The van der Waals surface area contributed by atoms with Crippen LogP contribution in [0.1, 0.15) is 0 Å². The minimum Gasteiger partial charge on any atom is -0.307 e. The minimum absolute atomic E-state index is 0.515. The lowest BCUT2D eigenvalue weighted by molar-refractivity contribution is 1.16. The Kier molecular flexibility index (Phi) is 3.38. The highest BCUT2D eigenvalue weighted by molar-refractivity contribution is 9.10. The lowest BCUT2D eigenvalue weighted by Crippen LogP contribution is -2.10. The summed E-state index contributed by atoms with van der Waals surface area (Å²) in [7, 11) is 0. The molecule has 2 aromatic rings. The summed E-state index contributed by atoms with van der Waals surface area (Å²) in [6, 6.07) is 5.55. The lowest BCUT2D eigenvalue weighted by Gasteiger charge is -2.07. The summed E-state index contributed by atoms with van der Waals surface area (Å²) in [5.41, 5.74) is 4.02.